The molecule has 0 bridgehead atoms. The highest BCUT2D eigenvalue weighted by Crippen LogP contribution is 2.36. The molecule has 0 saturated carbocycles. The number of hydrogen-bond acceptors (Lipinski definition) is 2. The fourth-order valence-corrected chi connectivity index (χ4v) is 2.84. The van der Waals surface area contributed by atoms with E-state index in [-0.39, 0.29) is 17.8 Å². The van der Waals surface area contributed by atoms with Gasteiger partial charge in [-0.2, -0.15) is 10.5 Å². The van der Waals surface area contributed by atoms with Crippen LogP contribution in [0.1, 0.15) is 53.4 Å². The summed E-state index contributed by atoms with van der Waals surface area (Å²) in [4.78, 5) is 0. The van der Waals surface area contributed by atoms with Crippen LogP contribution < -0.4 is 0 Å². The Morgan fingerprint density at radius 2 is 1.95 bits per heavy atom. The summed E-state index contributed by atoms with van der Waals surface area (Å²) in [6.45, 7) is 8.49. The monoisotopic (exact) mass is 282 g/mol. The minimum absolute atomic E-state index is 0.150. The third-order valence-corrected chi connectivity index (χ3v) is 4.27. The van der Waals surface area contributed by atoms with Gasteiger partial charge in [-0.05, 0) is 53.4 Å². The van der Waals surface area contributed by atoms with Crippen LogP contribution in [0.15, 0.2) is 34.9 Å². The molecule has 3 unspecified atom stereocenters. The molecule has 1 rings (SSSR count). The van der Waals surface area contributed by atoms with E-state index in [2.05, 4.69) is 58.1 Å². The second-order valence-corrected chi connectivity index (χ2v) is 6.29. The molecule has 1 aliphatic carbocycles. The maximum Gasteiger partial charge on any atom is 0.0692 e. The molecule has 0 heterocycles. The number of rotatable bonds is 5. The van der Waals surface area contributed by atoms with Crippen molar-refractivity contribution >= 4 is 0 Å². The maximum absolute atomic E-state index is 9.39. The Balaban J connectivity index is 2.69. The topological polar surface area (TPSA) is 47.6 Å². The van der Waals surface area contributed by atoms with Crippen LogP contribution in [-0.4, -0.2) is 0 Å². The quantitative estimate of drug-likeness (QED) is 0.641. The molecule has 0 fully saturated rings. The van der Waals surface area contributed by atoms with Gasteiger partial charge >= 0.3 is 0 Å². The van der Waals surface area contributed by atoms with Gasteiger partial charge in [0, 0.05) is 5.92 Å². The summed E-state index contributed by atoms with van der Waals surface area (Å²) in [5, 5.41) is 18.6. The van der Waals surface area contributed by atoms with Gasteiger partial charge in [0.1, 0.15) is 0 Å². The van der Waals surface area contributed by atoms with Crippen LogP contribution >= 0.6 is 0 Å². The van der Waals surface area contributed by atoms with E-state index in [9.17, 15) is 10.5 Å². The molecule has 0 radical (unpaired) electrons. The van der Waals surface area contributed by atoms with Crippen molar-refractivity contribution in [2.45, 2.75) is 53.4 Å². The average molecular weight is 282 g/mol. The lowest BCUT2D eigenvalue weighted by molar-refractivity contribution is 0.354. The lowest BCUT2D eigenvalue weighted by Gasteiger charge is -2.29. The third-order valence-electron chi connectivity index (χ3n) is 4.27. The summed E-state index contributed by atoms with van der Waals surface area (Å²) < 4.78 is 0. The molecule has 0 N–H and O–H groups in total. The van der Waals surface area contributed by atoms with Crippen LogP contribution in [0.5, 0.6) is 0 Å². The standard InChI is InChI=1S/C19H26N2/c1-14(2)6-5-7-15(3)8-11-18-16(4)9-10-17(12-20)19(18)13-21/h6,8-9,17-19H,5,7,10-11H2,1-4H3/b15-8+. The molecule has 0 amide bonds. The van der Waals surface area contributed by atoms with Gasteiger partial charge in [0.25, 0.3) is 0 Å². The zero-order valence-corrected chi connectivity index (χ0v) is 13.7. The number of nitriles is 2. The van der Waals surface area contributed by atoms with Crippen LogP contribution in [0.3, 0.4) is 0 Å². The van der Waals surface area contributed by atoms with Crippen LogP contribution in [0.4, 0.5) is 0 Å². The highest BCUT2D eigenvalue weighted by atomic mass is 14.4. The maximum atomic E-state index is 9.39. The Morgan fingerprint density at radius 1 is 1.24 bits per heavy atom. The van der Waals surface area contributed by atoms with Gasteiger partial charge in [0.15, 0.2) is 0 Å². The molecular weight excluding hydrogens is 256 g/mol. The fourth-order valence-electron chi connectivity index (χ4n) is 2.84. The molecule has 0 aromatic carbocycles. The Hall–Kier alpha value is -1.80. The Labute approximate surface area is 129 Å². The van der Waals surface area contributed by atoms with Gasteiger partial charge < -0.3 is 0 Å². The molecule has 0 aromatic heterocycles. The molecule has 2 heteroatoms. The average Bonchev–Trinajstić information content (AvgIpc) is 2.45. The summed E-state index contributed by atoms with van der Waals surface area (Å²) >= 11 is 0. The second kappa shape index (κ2) is 8.48. The molecule has 3 atom stereocenters. The first kappa shape index (κ1) is 17.3. The normalized spacial score (nSPS) is 25.5. The fraction of sp³-hybridized carbons (Fsp3) is 0.579. The predicted molar refractivity (Wildman–Crippen MR) is 87.1 cm³/mol. The Bertz CT molecular complexity index is 519. The zero-order valence-electron chi connectivity index (χ0n) is 13.7. The SMILES string of the molecule is CC(C)=CCC/C(C)=C/CC1C(C)=CCC(C#N)C1C#N. The van der Waals surface area contributed by atoms with Gasteiger partial charge in [-0.1, -0.05) is 34.9 Å². The first-order chi connectivity index (χ1) is 9.99. The highest BCUT2D eigenvalue weighted by Gasteiger charge is 2.32. The first-order valence-electron chi connectivity index (χ1n) is 7.74. The van der Waals surface area contributed by atoms with Crippen LogP contribution in [0.25, 0.3) is 0 Å². The summed E-state index contributed by atoms with van der Waals surface area (Å²) in [6.07, 6.45) is 10.4. The van der Waals surface area contributed by atoms with E-state index in [1.165, 1.54) is 16.7 Å². The highest BCUT2D eigenvalue weighted by molar-refractivity contribution is 5.20. The molecule has 2 nitrogen and oxygen atoms in total. The summed E-state index contributed by atoms with van der Waals surface area (Å²) in [5.74, 6) is -0.114. The van der Waals surface area contributed by atoms with Crippen LogP contribution in [0, 0.1) is 40.4 Å². The molecule has 0 aromatic rings. The minimum Gasteiger partial charge on any atom is -0.198 e. The molecular formula is C19H26N2. The van der Waals surface area contributed by atoms with Crippen LogP contribution in [0.2, 0.25) is 0 Å². The molecule has 1 aliphatic rings. The van der Waals surface area contributed by atoms with Crippen molar-refractivity contribution in [3.8, 4) is 12.1 Å². The van der Waals surface area contributed by atoms with Crippen molar-refractivity contribution in [3.63, 3.8) is 0 Å². The first-order valence-corrected chi connectivity index (χ1v) is 7.74. The van der Waals surface area contributed by atoms with Gasteiger partial charge in [0.05, 0.1) is 24.0 Å². The lowest BCUT2D eigenvalue weighted by Crippen LogP contribution is -2.25. The van der Waals surface area contributed by atoms with Crippen molar-refractivity contribution in [2.24, 2.45) is 17.8 Å². The third kappa shape index (κ3) is 5.24. The van der Waals surface area contributed by atoms with Crippen molar-refractivity contribution < 1.29 is 0 Å². The number of hydrogen-bond donors (Lipinski definition) is 0. The lowest BCUT2D eigenvalue weighted by atomic mass is 9.72. The van der Waals surface area contributed by atoms with Crippen molar-refractivity contribution in [3.05, 3.63) is 34.9 Å². The molecule has 0 spiro atoms. The Morgan fingerprint density at radius 3 is 2.52 bits per heavy atom. The minimum atomic E-state index is -0.165. The van der Waals surface area contributed by atoms with Gasteiger partial charge in [-0.25, -0.2) is 0 Å². The molecule has 0 aliphatic heterocycles. The zero-order chi connectivity index (χ0) is 15.8. The van der Waals surface area contributed by atoms with E-state index < -0.39 is 0 Å². The van der Waals surface area contributed by atoms with E-state index in [1.54, 1.807) is 0 Å². The largest absolute Gasteiger partial charge is 0.198 e. The number of nitrogens with zero attached hydrogens (tertiary/aromatic N) is 2. The molecule has 21 heavy (non-hydrogen) atoms. The smallest absolute Gasteiger partial charge is 0.0692 e. The van der Waals surface area contributed by atoms with Gasteiger partial charge in [-0.15, -0.1) is 0 Å². The van der Waals surface area contributed by atoms with E-state index in [0.29, 0.717) is 0 Å². The van der Waals surface area contributed by atoms with Crippen molar-refractivity contribution in [1.29, 1.82) is 10.5 Å². The Kier molecular flexibility index (Phi) is 6.97. The van der Waals surface area contributed by atoms with E-state index in [4.69, 9.17) is 0 Å². The summed E-state index contributed by atoms with van der Waals surface area (Å²) in [7, 11) is 0. The van der Waals surface area contributed by atoms with Gasteiger partial charge in [-0.3, -0.25) is 0 Å². The predicted octanol–water partition coefficient (Wildman–Crippen LogP) is 5.31. The van der Waals surface area contributed by atoms with Crippen molar-refractivity contribution in [2.75, 3.05) is 0 Å². The summed E-state index contributed by atoms with van der Waals surface area (Å²) in [6, 6.07) is 4.66. The van der Waals surface area contributed by atoms with Gasteiger partial charge in [0.2, 0.25) is 0 Å². The molecule has 112 valence electrons. The molecule has 0 saturated heterocycles. The van der Waals surface area contributed by atoms with Crippen molar-refractivity contribution in [1.82, 2.24) is 0 Å². The van der Waals surface area contributed by atoms with E-state index >= 15 is 0 Å². The summed E-state index contributed by atoms with van der Waals surface area (Å²) in [5.41, 5.74) is 3.99. The second-order valence-electron chi connectivity index (χ2n) is 6.29. The van der Waals surface area contributed by atoms with E-state index in [1.807, 2.05) is 0 Å². The number of allylic oxidation sites excluding steroid dienone is 6. The van der Waals surface area contributed by atoms with E-state index in [0.717, 1.165) is 25.7 Å². The van der Waals surface area contributed by atoms with Crippen LogP contribution in [-0.2, 0) is 0 Å².